The smallest absolute Gasteiger partial charge is 0.323 e. The van der Waals surface area contributed by atoms with Crippen LogP contribution in [0.2, 0.25) is 0 Å². The number of carbonyl (C=O) groups is 1. The van der Waals surface area contributed by atoms with E-state index in [1.807, 2.05) is 24.8 Å². The lowest BCUT2D eigenvalue weighted by Gasteiger charge is -2.20. The van der Waals surface area contributed by atoms with Crippen LogP contribution >= 0.6 is 0 Å². The van der Waals surface area contributed by atoms with Crippen LogP contribution in [-0.2, 0) is 11.3 Å². The number of nitrogen functional groups attached to an aromatic ring is 1. The SMILES string of the molecule is CCN(CC)c1nc(-c2cccc(N)c2C=N)c2ncn(CC(=O)O)c2n1. The molecule has 2 heterocycles. The van der Waals surface area contributed by atoms with Crippen molar-refractivity contribution in [2.45, 2.75) is 20.4 Å². The highest BCUT2D eigenvalue weighted by atomic mass is 16.4. The zero-order valence-corrected chi connectivity index (χ0v) is 15.2. The van der Waals surface area contributed by atoms with Gasteiger partial charge in [0.1, 0.15) is 17.8 Å². The summed E-state index contributed by atoms with van der Waals surface area (Å²) in [6, 6.07) is 5.33. The second kappa shape index (κ2) is 7.40. The first-order valence-corrected chi connectivity index (χ1v) is 8.59. The topological polar surface area (TPSA) is 134 Å². The first-order chi connectivity index (χ1) is 13.0. The Morgan fingerprint density at radius 2 is 2.07 bits per heavy atom. The van der Waals surface area contributed by atoms with Crippen LogP contribution in [0.25, 0.3) is 22.4 Å². The molecule has 9 nitrogen and oxygen atoms in total. The molecule has 4 N–H and O–H groups in total. The first kappa shape index (κ1) is 18.3. The maximum absolute atomic E-state index is 11.2. The minimum atomic E-state index is -0.983. The molecule has 0 radical (unpaired) electrons. The van der Waals surface area contributed by atoms with Crippen LogP contribution in [0.5, 0.6) is 0 Å². The largest absolute Gasteiger partial charge is 0.480 e. The number of aliphatic carboxylic acids is 1. The second-order valence-electron chi connectivity index (χ2n) is 5.94. The highest BCUT2D eigenvalue weighted by Crippen LogP contribution is 2.31. The quantitative estimate of drug-likeness (QED) is 0.429. The fraction of sp³-hybridized carbons (Fsp3) is 0.278. The van der Waals surface area contributed by atoms with Crippen molar-refractivity contribution in [1.29, 1.82) is 5.41 Å². The van der Waals surface area contributed by atoms with E-state index >= 15 is 0 Å². The Kier molecular flexibility index (Phi) is 5.02. The van der Waals surface area contributed by atoms with Crippen LogP contribution in [0, 0.1) is 5.41 Å². The minimum Gasteiger partial charge on any atom is -0.480 e. The van der Waals surface area contributed by atoms with Gasteiger partial charge in [-0.15, -0.1) is 0 Å². The van der Waals surface area contributed by atoms with Crippen LogP contribution in [-0.4, -0.2) is 49.9 Å². The highest BCUT2D eigenvalue weighted by Gasteiger charge is 2.20. The Morgan fingerprint density at radius 1 is 1.33 bits per heavy atom. The van der Waals surface area contributed by atoms with Crippen molar-refractivity contribution in [3.63, 3.8) is 0 Å². The fourth-order valence-corrected chi connectivity index (χ4v) is 2.98. The maximum atomic E-state index is 11.2. The molecule has 3 aromatic rings. The van der Waals surface area contributed by atoms with Gasteiger partial charge in [-0.3, -0.25) is 4.79 Å². The van der Waals surface area contributed by atoms with E-state index in [1.54, 1.807) is 12.1 Å². The number of nitrogens with zero attached hydrogens (tertiary/aromatic N) is 5. The zero-order chi connectivity index (χ0) is 19.6. The molecule has 1 aromatic carbocycles. The average Bonchev–Trinajstić information content (AvgIpc) is 3.04. The maximum Gasteiger partial charge on any atom is 0.323 e. The number of fused-ring (bicyclic) bond motifs is 1. The number of imidazole rings is 1. The van der Waals surface area contributed by atoms with E-state index < -0.39 is 5.97 Å². The molecular formula is C18H21N7O2. The highest BCUT2D eigenvalue weighted by molar-refractivity contribution is 5.99. The molecule has 3 rings (SSSR count). The molecular weight excluding hydrogens is 346 g/mol. The number of hydrogen-bond donors (Lipinski definition) is 3. The van der Waals surface area contributed by atoms with Crippen LogP contribution < -0.4 is 10.6 Å². The lowest BCUT2D eigenvalue weighted by atomic mass is 10.0. The van der Waals surface area contributed by atoms with Crippen molar-refractivity contribution >= 4 is 35.0 Å². The van der Waals surface area contributed by atoms with Gasteiger partial charge in [0.2, 0.25) is 5.95 Å². The molecule has 0 aliphatic rings. The number of carboxylic acid groups (broad SMARTS) is 1. The van der Waals surface area contributed by atoms with Gasteiger partial charge in [-0.2, -0.15) is 4.98 Å². The van der Waals surface area contributed by atoms with Crippen molar-refractivity contribution in [3.8, 4) is 11.3 Å². The van der Waals surface area contributed by atoms with Crippen molar-refractivity contribution in [1.82, 2.24) is 19.5 Å². The molecule has 0 saturated carbocycles. The third kappa shape index (κ3) is 3.31. The monoisotopic (exact) mass is 367 g/mol. The summed E-state index contributed by atoms with van der Waals surface area (Å²) < 4.78 is 1.48. The number of carboxylic acids is 1. The third-order valence-electron chi connectivity index (χ3n) is 4.34. The number of hydrogen-bond acceptors (Lipinski definition) is 7. The molecule has 0 fully saturated rings. The zero-order valence-electron chi connectivity index (χ0n) is 15.2. The summed E-state index contributed by atoms with van der Waals surface area (Å²) in [5, 5.41) is 16.9. The van der Waals surface area contributed by atoms with Crippen molar-refractivity contribution < 1.29 is 9.90 Å². The van der Waals surface area contributed by atoms with Gasteiger partial charge in [0.05, 0.1) is 6.33 Å². The van der Waals surface area contributed by atoms with Crippen LogP contribution in [0.3, 0.4) is 0 Å². The van der Waals surface area contributed by atoms with Crippen molar-refractivity contribution in [2.24, 2.45) is 0 Å². The van der Waals surface area contributed by atoms with Crippen molar-refractivity contribution in [3.05, 3.63) is 30.1 Å². The number of benzene rings is 1. The Hall–Kier alpha value is -3.49. The standard InChI is InChI=1S/C18H21N7O2/c1-3-24(4-2)18-22-15(11-6-5-7-13(20)12(11)8-19)16-17(23-18)25(10-21-16)9-14(26)27/h5-8,10,19H,3-4,9,20H2,1-2H3,(H,26,27). The molecule has 9 heteroatoms. The summed E-state index contributed by atoms with van der Waals surface area (Å²) in [5.41, 5.74) is 9.12. The van der Waals surface area contributed by atoms with Crippen LogP contribution in [0.1, 0.15) is 19.4 Å². The number of anilines is 2. The van der Waals surface area contributed by atoms with Gasteiger partial charge in [0.15, 0.2) is 5.65 Å². The third-order valence-corrected chi connectivity index (χ3v) is 4.34. The van der Waals surface area contributed by atoms with Gasteiger partial charge in [-0.25, -0.2) is 9.97 Å². The predicted octanol–water partition coefficient (Wildman–Crippen LogP) is 2.00. The van der Waals surface area contributed by atoms with E-state index in [4.69, 9.17) is 11.1 Å². The van der Waals surface area contributed by atoms with Gasteiger partial charge in [0, 0.05) is 36.1 Å². The van der Waals surface area contributed by atoms with Crippen molar-refractivity contribution in [2.75, 3.05) is 23.7 Å². The summed E-state index contributed by atoms with van der Waals surface area (Å²) in [7, 11) is 0. The number of nitrogens with one attached hydrogen (secondary N) is 1. The van der Waals surface area contributed by atoms with Crippen LogP contribution in [0.15, 0.2) is 24.5 Å². The van der Waals surface area contributed by atoms with E-state index in [0.29, 0.717) is 52.7 Å². The van der Waals surface area contributed by atoms with Gasteiger partial charge in [-0.1, -0.05) is 12.1 Å². The predicted molar refractivity (Wildman–Crippen MR) is 104 cm³/mol. The minimum absolute atomic E-state index is 0.251. The van der Waals surface area contributed by atoms with Gasteiger partial charge < -0.3 is 25.7 Å². The summed E-state index contributed by atoms with van der Waals surface area (Å²) in [6.45, 7) is 5.13. The summed E-state index contributed by atoms with van der Waals surface area (Å²) in [5.74, 6) is -0.504. The normalized spacial score (nSPS) is 10.9. The molecule has 0 aliphatic heterocycles. The molecule has 0 unspecified atom stereocenters. The average molecular weight is 367 g/mol. The summed E-state index contributed by atoms with van der Waals surface area (Å²) in [6.07, 6.45) is 2.63. The fourth-order valence-electron chi connectivity index (χ4n) is 2.98. The molecule has 0 bridgehead atoms. The molecule has 2 aromatic heterocycles. The van der Waals surface area contributed by atoms with E-state index in [2.05, 4.69) is 15.0 Å². The Bertz CT molecular complexity index is 1010. The Balaban J connectivity index is 2.34. The van der Waals surface area contributed by atoms with Gasteiger partial charge in [0.25, 0.3) is 0 Å². The molecule has 27 heavy (non-hydrogen) atoms. The van der Waals surface area contributed by atoms with Crippen LogP contribution in [0.4, 0.5) is 11.6 Å². The molecule has 0 amide bonds. The lowest BCUT2D eigenvalue weighted by molar-refractivity contribution is -0.137. The molecule has 140 valence electrons. The Labute approximate surface area is 156 Å². The summed E-state index contributed by atoms with van der Waals surface area (Å²) >= 11 is 0. The molecule has 0 spiro atoms. The second-order valence-corrected chi connectivity index (χ2v) is 5.94. The number of rotatable bonds is 7. The number of aromatic nitrogens is 4. The van der Waals surface area contributed by atoms with Gasteiger partial charge in [-0.05, 0) is 19.9 Å². The van der Waals surface area contributed by atoms with E-state index in [0.717, 1.165) is 0 Å². The number of nitrogens with two attached hydrogens (primary N) is 1. The molecule has 0 saturated heterocycles. The molecule has 0 atom stereocenters. The Morgan fingerprint density at radius 3 is 2.70 bits per heavy atom. The first-order valence-electron chi connectivity index (χ1n) is 8.59. The molecule has 0 aliphatic carbocycles. The van der Waals surface area contributed by atoms with E-state index in [1.165, 1.54) is 17.1 Å². The van der Waals surface area contributed by atoms with Gasteiger partial charge >= 0.3 is 5.97 Å². The summed E-state index contributed by atoms with van der Waals surface area (Å²) in [4.78, 5) is 26.8. The van der Waals surface area contributed by atoms with E-state index in [9.17, 15) is 9.90 Å². The lowest BCUT2D eigenvalue weighted by Crippen LogP contribution is -2.24. The van der Waals surface area contributed by atoms with E-state index in [-0.39, 0.29) is 6.54 Å².